The summed E-state index contributed by atoms with van der Waals surface area (Å²) in [4.78, 5) is 38.6. The number of benzene rings is 2. The van der Waals surface area contributed by atoms with Gasteiger partial charge in [0.1, 0.15) is 17.3 Å². The lowest BCUT2D eigenvalue weighted by Crippen LogP contribution is -2.40. The zero-order valence-electron chi connectivity index (χ0n) is 17.5. The number of carbonyl (C=O) groups is 3. The number of anilines is 1. The summed E-state index contributed by atoms with van der Waals surface area (Å²) in [5.41, 5.74) is 5.68. The van der Waals surface area contributed by atoms with Crippen molar-refractivity contribution in [1.82, 2.24) is 0 Å². The smallest absolute Gasteiger partial charge is 0.355 e. The average molecular weight is 470 g/mol. The Morgan fingerprint density at radius 2 is 1.73 bits per heavy atom. The predicted octanol–water partition coefficient (Wildman–Crippen LogP) is 3.10. The fraction of sp³-hybridized carbons (Fsp3) is 0.130. The van der Waals surface area contributed by atoms with Crippen LogP contribution in [-0.2, 0) is 19.1 Å². The number of allylic oxidation sites excluding steroid dienone is 1. The predicted molar refractivity (Wildman–Crippen MR) is 116 cm³/mol. The van der Waals surface area contributed by atoms with Gasteiger partial charge in [-0.3, -0.25) is 9.69 Å². The van der Waals surface area contributed by atoms with Gasteiger partial charge in [0.2, 0.25) is 0 Å². The van der Waals surface area contributed by atoms with Gasteiger partial charge >= 0.3 is 11.9 Å². The summed E-state index contributed by atoms with van der Waals surface area (Å²) in [5, 5.41) is 8.87. The largest absolute Gasteiger partial charge is 0.466 e. The van der Waals surface area contributed by atoms with Gasteiger partial charge in [-0.15, -0.1) is 0 Å². The molecular weight excluding hydrogens is 453 g/mol. The maximum Gasteiger partial charge on any atom is 0.355 e. The van der Waals surface area contributed by atoms with Crippen LogP contribution in [0.2, 0.25) is 0 Å². The third-order valence-electron chi connectivity index (χ3n) is 5.03. The van der Waals surface area contributed by atoms with Crippen molar-refractivity contribution < 1.29 is 28.2 Å². The van der Waals surface area contributed by atoms with Crippen LogP contribution >= 0.6 is 11.6 Å². The normalized spacial score (nSPS) is 15.7. The molecule has 2 N–H and O–H groups in total. The van der Waals surface area contributed by atoms with Crippen LogP contribution in [0.25, 0.3) is 0 Å². The van der Waals surface area contributed by atoms with E-state index in [-0.39, 0.29) is 28.4 Å². The molecule has 2 aromatic rings. The Kier molecular flexibility index (Phi) is 6.80. The summed E-state index contributed by atoms with van der Waals surface area (Å²) < 4.78 is 23.9. The maximum atomic E-state index is 14.1. The fourth-order valence-corrected chi connectivity index (χ4v) is 3.73. The number of halogens is 2. The van der Waals surface area contributed by atoms with Gasteiger partial charge in [0.05, 0.1) is 42.9 Å². The molecule has 168 valence electrons. The van der Waals surface area contributed by atoms with E-state index in [2.05, 4.69) is 0 Å². The standard InChI is InChI=1S/C23H17ClFN3O5/c1-32-22(30)18-17(12-6-4-3-5-7-12)15(11-26)21(27)28(19(18)23(31)33-2)13-8-9-16(25)14(10-13)20(24)29/h3-10,17H,27H2,1-2H3. The van der Waals surface area contributed by atoms with Crippen LogP contribution in [-0.4, -0.2) is 31.4 Å². The zero-order chi connectivity index (χ0) is 24.3. The van der Waals surface area contributed by atoms with Crippen LogP contribution in [0.3, 0.4) is 0 Å². The molecule has 0 bridgehead atoms. The Balaban J connectivity index is 2.43. The molecular formula is C23H17ClFN3O5. The van der Waals surface area contributed by atoms with Crippen molar-refractivity contribution in [2.45, 2.75) is 5.92 Å². The van der Waals surface area contributed by atoms with Crippen molar-refractivity contribution in [1.29, 1.82) is 5.26 Å². The van der Waals surface area contributed by atoms with Crippen LogP contribution in [0.4, 0.5) is 10.1 Å². The minimum Gasteiger partial charge on any atom is -0.466 e. The van der Waals surface area contributed by atoms with Crippen LogP contribution < -0.4 is 10.6 Å². The Hall–Kier alpha value is -4.16. The van der Waals surface area contributed by atoms with E-state index in [1.807, 2.05) is 6.07 Å². The molecule has 1 heterocycles. The van der Waals surface area contributed by atoms with E-state index in [4.69, 9.17) is 26.8 Å². The van der Waals surface area contributed by atoms with E-state index in [1.165, 1.54) is 6.07 Å². The first-order valence-corrected chi connectivity index (χ1v) is 9.79. The third kappa shape index (κ3) is 4.16. The Morgan fingerprint density at radius 3 is 2.27 bits per heavy atom. The van der Waals surface area contributed by atoms with Gasteiger partial charge in [0, 0.05) is 5.69 Å². The lowest BCUT2D eigenvalue weighted by molar-refractivity contribution is -0.139. The summed E-state index contributed by atoms with van der Waals surface area (Å²) in [7, 11) is 2.21. The molecule has 1 aliphatic rings. The van der Waals surface area contributed by atoms with E-state index in [0.717, 1.165) is 31.3 Å². The molecule has 0 fully saturated rings. The van der Waals surface area contributed by atoms with Crippen molar-refractivity contribution in [3.8, 4) is 6.07 Å². The van der Waals surface area contributed by atoms with Gasteiger partial charge in [0.15, 0.2) is 0 Å². The van der Waals surface area contributed by atoms with E-state index in [1.54, 1.807) is 30.3 Å². The molecule has 1 aliphatic heterocycles. The molecule has 2 aromatic carbocycles. The maximum absolute atomic E-state index is 14.1. The highest BCUT2D eigenvalue weighted by molar-refractivity contribution is 6.67. The highest BCUT2D eigenvalue weighted by atomic mass is 35.5. The molecule has 0 aliphatic carbocycles. The Labute approximate surface area is 193 Å². The first kappa shape index (κ1) is 23.5. The average Bonchev–Trinajstić information content (AvgIpc) is 2.83. The lowest BCUT2D eigenvalue weighted by atomic mass is 9.81. The molecule has 0 spiro atoms. The minimum absolute atomic E-state index is 0.000959. The molecule has 0 saturated heterocycles. The second kappa shape index (κ2) is 9.54. The summed E-state index contributed by atoms with van der Waals surface area (Å²) >= 11 is 5.47. The van der Waals surface area contributed by atoms with Crippen molar-refractivity contribution >= 4 is 34.5 Å². The van der Waals surface area contributed by atoms with Crippen LogP contribution in [0.1, 0.15) is 21.8 Å². The number of rotatable bonds is 5. The van der Waals surface area contributed by atoms with E-state index >= 15 is 0 Å². The summed E-state index contributed by atoms with van der Waals surface area (Å²) in [6.45, 7) is 0. The van der Waals surface area contributed by atoms with Gasteiger partial charge in [-0.1, -0.05) is 30.3 Å². The summed E-state index contributed by atoms with van der Waals surface area (Å²) in [5.74, 6) is -4.06. The summed E-state index contributed by atoms with van der Waals surface area (Å²) in [6.07, 6.45) is 0. The first-order valence-electron chi connectivity index (χ1n) is 9.41. The number of nitriles is 1. The number of hydrogen-bond acceptors (Lipinski definition) is 8. The second-order valence-electron chi connectivity index (χ2n) is 6.77. The molecule has 0 aromatic heterocycles. The van der Waals surface area contributed by atoms with Crippen molar-refractivity contribution in [3.63, 3.8) is 0 Å². The number of ether oxygens (including phenoxy) is 2. The molecule has 1 unspecified atom stereocenters. The molecule has 0 saturated carbocycles. The third-order valence-corrected chi connectivity index (χ3v) is 5.23. The van der Waals surface area contributed by atoms with Gasteiger partial charge < -0.3 is 15.2 Å². The van der Waals surface area contributed by atoms with E-state index in [9.17, 15) is 24.0 Å². The SMILES string of the molecule is COC(=O)C1=C(C(=O)OC)N(c2ccc(F)c(C(=O)Cl)c2)C(N)=C(C#N)C1c1ccccc1. The summed E-state index contributed by atoms with van der Waals surface area (Å²) in [6, 6.07) is 13.6. The fourth-order valence-electron chi connectivity index (χ4n) is 3.58. The van der Waals surface area contributed by atoms with E-state index < -0.39 is 34.5 Å². The minimum atomic E-state index is -1.09. The Morgan fingerprint density at radius 1 is 1.09 bits per heavy atom. The molecule has 3 rings (SSSR count). The first-order chi connectivity index (χ1) is 15.8. The molecule has 33 heavy (non-hydrogen) atoms. The van der Waals surface area contributed by atoms with Crippen molar-refractivity contribution in [2.24, 2.45) is 5.73 Å². The van der Waals surface area contributed by atoms with Gasteiger partial charge in [-0.25, -0.2) is 14.0 Å². The number of esters is 2. The number of nitrogens with zero attached hydrogens (tertiary/aromatic N) is 2. The number of hydrogen-bond donors (Lipinski definition) is 1. The van der Waals surface area contributed by atoms with Gasteiger partial charge in [0.25, 0.3) is 5.24 Å². The van der Waals surface area contributed by atoms with Crippen LogP contribution in [0, 0.1) is 17.1 Å². The van der Waals surface area contributed by atoms with Crippen LogP contribution in [0.5, 0.6) is 0 Å². The van der Waals surface area contributed by atoms with Gasteiger partial charge in [-0.05, 0) is 35.4 Å². The number of carbonyl (C=O) groups excluding carboxylic acids is 3. The molecule has 10 heteroatoms. The second-order valence-corrected chi connectivity index (χ2v) is 7.12. The lowest BCUT2D eigenvalue weighted by Gasteiger charge is -2.36. The van der Waals surface area contributed by atoms with Crippen molar-refractivity contribution in [2.75, 3.05) is 19.1 Å². The number of methoxy groups -OCH3 is 2. The Bertz CT molecular complexity index is 1250. The highest BCUT2D eigenvalue weighted by Crippen LogP contribution is 2.43. The monoisotopic (exact) mass is 469 g/mol. The van der Waals surface area contributed by atoms with Crippen LogP contribution in [0.15, 0.2) is 71.2 Å². The highest BCUT2D eigenvalue weighted by Gasteiger charge is 2.43. The molecule has 0 amide bonds. The molecule has 0 radical (unpaired) electrons. The van der Waals surface area contributed by atoms with Gasteiger partial charge in [-0.2, -0.15) is 5.26 Å². The number of nitrogens with two attached hydrogens (primary N) is 1. The topological polar surface area (TPSA) is 123 Å². The molecule has 1 atom stereocenters. The van der Waals surface area contributed by atoms with E-state index in [0.29, 0.717) is 5.56 Å². The van der Waals surface area contributed by atoms with Crippen molar-refractivity contribution in [3.05, 3.63) is 88.1 Å². The molecule has 8 nitrogen and oxygen atoms in total. The quantitative estimate of drug-likeness (QED) is 0.523. The zero-order valence-corrected chi connectivity index (χ0v) is 18.2.